The molecular formula is C23H26N4O3S2. The van der Waals surface area contributed by atoms with Gasteiger partial charge in [-0.15, -0.1) is 11.3 Å². The highest BCUT2D eigenvalue weighted by atomic mass is 32.2. The van der Waals surface area contributed by atoms with E-state index in [0.717, 1.165) is 47.8 Å². The Bertz CT molecular complexity index is 1200. The van der Waals surface area contributed by atoms with E-state index in [1.807, 2.05) is 44.2 Å². The van der Waals surface area contributed by atoms with Gasteiger partial charge in [0.05, 0.1) is 16.8 Å². The average Bonchev–Trinajstić information content (AvgIpc) is 3.15. The second-order valence-electron chi connectivity index (χ2n) is 8.20. The topological polar surface area (TPSA) is 93.1 Å². The van der Waals surface area contributed by atoms with Gasteiger partial charge in [-0.05, 0) is 49.3 Å². The zero-order chi connectivity index (χ0) is 22.7. The lowest BCUT2D eigenvalue weighted by atomic mass is 9.97. The van der Waals surface area contributed by atoms with Crippen LogP contribution in [0.1, 0.15) is 37.1 Å². The molecule has 2 aromatic heterocycles. The number of amides is 3. The van der Waals surface area contributed by atoms with Crippen LogP contribution in [-0.4, -0.2) is 33.8 Å². The van der Waals surface area contributed by atoms with Crippen molar-refractivity contribution in [1.82, 2.24) is 20.2 Å². The maximum absolute atomic E-state index is 13.6. The molecule has 0 saturated heterocycles. The molecule has 0 radical (unpaired) electrons. The van der Waals surface area contributed by atoms with E-state index >= 15 is 0 Å². The lowest BCUT2D eigenvalue weighted by Gasteiger charge is -2.13. The van der Waals surface area contributed by atoms with Crippen LogP contribution in [0.4, 0.5) is 4.79 Å². The van der Waals surface area contributed by atoms with Gasteiger partial charge in [0, 0.05) is 11.4 Å². The van der Waals surface area contributed by atoms with Crippen molar-refractivity contribution in [3.63, 3.8) is 0 Å². The number of thiophene rings is 1. The quantitative estimate of drug-likeness (QED) is 0.421. The molecule has 0 saturated carbocycles. The van der Waals surface area contributed by atoms with Crippen LogP contribution < -0.4 is 16.2 Å². The van der Waals surface area contributed by atoms with Crippen molar-refractivity contribution in [2.45, 2.75) is 44.7 Å². The summed E-state index contributed by atoms with van der Waals surface area (Å²) in [6.45, 7) is 4.44. The number of hydrogen-bond donors (Lipinski definition) is 2. The number of imide groups is 1. The largest absolute Gasteiger partial charge is 0.338 e. The number of hydrogen-bond acceptors (Lipinski definition) is 6. The predicted molar refractivity (Wildman–Crippen MR) is 129 cm³/mol. The van der Waals surface area contributed by atoms with E-state index in [1.165, 1.54) is 4.88 Å². The van der Waals surface area contributed by atoms with Crippen molar-refractivity contribution in [1.29, 1.82) is 0 Å². The number of thioether (sulfide) groups is 1. The Morgan fingerprint density at radius 2 is 1.94 bits per heavy atom. The van der Waals surface area contributed by atoms with Gasteiger partial charge < -0.3 is 5.32 Å². The minimum Gasteiger partial charge on any atom is -0.338 e. The molecule has 9 heteroatoms. The maximum atomic E-state index is 13.6. The van der Waals surface area contributed by atoms with Gasteiger partial charge in [0.2, 0.25) is 5.91 Å². The van der Waals surface area contributed by atoms with Crippen LogP contribution in [0.25, 0.3) is 15.9 Å². The van der Waals surface area contributed by atoms with E-state index in [4.69, 9.17) is 4.98 Å². The predicted octanol–water partition coefficient (Wildman–Crippen LogP) is 3.90. The lowest BCUT2D eigenvalue weighted by Crippen LogP contribution is -2.41. The molecule has 4 rings (SSSR count). The Morgan fingerprint density at radius 3 is 2.69 bits per heavy atom. The molecule has 0 unspecified atom stereocenters. The highest BCUT2D eigenvalue weighted by Gasteiger charge is 2.23. The summed E-state index contributed by atoms with van der Waals surface area (Å²) in [6, 6.07) is 8.83. The van der Waals surface area contributed by atoms with Crippen LogP contribution >= 0.6 is 23.1 Å². The van der Waals surface area contributed by atoms with Crippen molar-refractivity contribution in [2.24, 2.45) is 5.92 Å². The van der Waals surface area contributed by atoms with Crippen LogP contribution in [0.2, 0.25) is 0 Å². The first-order valence-electron chi connectivity index (χ1n) is 10.8. The molecule has 0 bridgehead atoms. The Labute approximate surface area is 194 Å². The zero-order valence-corrected chi connectivity index (χ0v) is 19.8. The second-order valence-corrected chi connectivity index (χ2v) is 10.2. The number of nitrogens with zero attached hydrogens (tertiary/aromatic N) is 2. The third-order valence-corrected chi connectivity index (χ3v) is 7.35. The smallest absolute Gasteiger partial charge is 0.321 e. The summed E-state index contributed by atoms with van der Waals surface area (Å²) in [6.07, 6.45) is 4.10. The first kappa shape index (κ1) is 22.5. The van der Waals surface area contributed by atoms with Gasteiger partial charge >= 0.3 is 6.03 Å². The molecule has 3 aromatic rings. The first-order chi connectivity index (χ1) is 15.4. The van der Waals surface area contributed by atoms with Crippen molar-refractivity contribution in [3.8, 4) is 5.69 Å². The highest BCUT2D eigenvalue weighted by molar-refractivity contribution is 7.99. The zero-order valence-electron chi connectivity index (χ0n) is 18.1. The van der Waals surface area contributed by atoms with Crippen LogP contribution in [0.5, 0.6) is 0 Å². The molecule has 0 spiro atoms. The number of carbonyl (C=O) groups excluding carboxylic acids is 2. The standard InChI is InChI=1S/C23H26N4O3S2/c1-14(2)12-24-22(30)25-18(28)13-31-23-26-20-19(16-10-6-7-11-17(16)32-20)21(29)27(23)15-8-4-3-5-9-15/h3-5,8-9,14H,6-7,10-13H2,1-2H3,(H2,24,25,28,30). The number of aryl methyl sites for hydroxylation is 2. The first-order valence-corrected chi connectivity index (χ1v) is 12.6. The minimum atomic E-state index is -0.515. The molecule has 3 amide bonds. The Kier molecular flexibility index (Phi) is 6.95. The Hall–Kier alpha value is -2.65. The third-order valence-electron chi connectivity index (χ3n) is 5.23. The molecule has 1 aliphatic carbocycles. The van der Waals surface area contributed by atoms with Gasteiger partial charge in [0.1, 0.15) is 4.83 Å². The minimum absolute atomic E-state index is 0.0228. The van der Waals surface area contributed by atoms with E-state index in [1.54, 1.807) is 15.9 Å². The molecule has 32 heavy (non-hydrogen) atoms. The van der Waals surface area contributed by atoms with E-state index < -0.39 is 11.9 Å². The monoisotopic (exact) mass is 470 g/mol. The normalized spacial score (nSPS) is 13.2. The van der Waals surface area contributed by atoms with E-state index in [-0.39, 0.29) is 17.2 Å². The van der Waals surface area contributed by atoms with Crippen molar-refractivity contribution >= 4 is 45.3 Å². The van der Waals surface area contributed by atoms with Gasteiger partial charge in [-0.3, -0.25) is 19.5 Å². The fourth-order valence-corrected chi connectivity index (χ4v) is 5.84. The SMILES string of the molecule is CC(C)CNC(=O)NC(=O)CSc1nc2sc3c(c2c(=O)n1-c1ccccc1)CCCC3. The molecule has 2 N–H and O–H groups in total. The summed E-state index contributed by atoms with van der Waals surface area (Å²) < 4.78 is 1.58. The summed E-state index contributed by atoms with van der Waals surface area (Å²) in [5.41, 5.74) is 1.74. The van der Waals surface area contributed by atoms with Gasteiger partial charge in [-0.25, -0.2) is 9.78 Å². The van der Waals surface area contributed by atoms with E-state index in [9.17, 15) is 14.4 Å². The van der Waals surface area contributed by atoms with E-state index in [2.05, 4.69) is 10.6 Å². The molecule has 0 fully saturated rings. The van der Waals surface area contributed by atoms with Gasteiger partial charge in [0.25, 0.3) is 5.56 Å². The van der Waals surface area contributed by atoms with Crippen LogP contribution in [0.3, 0.4) is 0 Å². The molecule has 0 aliphatic heterocycles. The van der Waals surface area contributed by atoms with Crippen molar-refractivity contribution < 1.29 is 9.59 Å². The third kappa shape index (κ3) is 4.88. The van der Waals surface area contributed by atoms with Crippen LogP contribution in [0.15, 0.2) is 40.3 Å². The number of benzene rings is 1. The molecule has 168 valence electrons. The summed E-state index contributed by atoms with van der Waals surface area (Å²) >= 11 is 2.74. The molecule has 2 heterocycles. The molecule has 1 aliphatic rings. The number of aromatic nitrogens is 2. The molecular weight excluding hydrogens is 444 g/mol. The number of rotatable bonds is 6. The summed E-state index contributed by atoms with van der Waals surface area (Å²) in [4.78, 5) is 44.6. The van der Waals surface area contributed by atoms with Crippen LogP contribution in [-0.2, 0) is 17.6 Å². The number of para-hydroxylation sites is 1. The van der Waals surface area contributed by atoms with E-state index in [0.29, 0.717) is 22.8 Å². The van der Waals surface area contributed by atoms with Gasteiger partial charge in [0.15, 0.2) is 5.16 Å². The number of urea groups is 1. The highest BCUT2D eigenvalue weighted by Crippen LogP contribution is 2.35. The number of fused-ring (bicyclic) bond motifs is 3. The molecule has 0 atom stereocenters. The lowest BCUT2D eigenvalue weighted by molar-refractivity contribution is -0.117. The van der Waals surface area contributed by atoms with Crippen molar-refractivity contribution in [3.05, 3.63) is 51.1 Å². The summed E-state index contributed by atoms with van der Waals surface area (Å²) in [5.74, 6) is -0.168. The number of nitrogens with one attached hydrogen (secondary N) is 2. The average molecular weight is 471 g/mol. The van der Waals surface area contributed by atoms with Crippen LogP contribution in [0, 0.1) is 5.92 Å². The Morgan fingerprint density at radius 1 is 1.19 bits per heavy atom. The van der Waals surface area contributed by atoms with Gasteiger partial charge in [-0.1, -0.05) is 43.8 Å². The molecule has 1 aromatic carbocycles. The summed E-state index contributed by atoms with van der Waals surface area (Å²) in [7, 11) is 0. The second kappa shape index (κ2) is 9.87. The van der Waals surface area contributed by atoms with Crippen molar-refractivity contribution in [2.75, 3.05) is 12.3 Å². The summed E-state index contributed by atoms with van der Waals surface area (Å²) in [5, 5.41) is 6.15. The number of carbonyl (C=O) groups is 2. The fraction of sp³-hybridized carbons (Fsp3) is 0.391. The van der Waals surface area contributed by atoms with Gasteiger partial charge in [-0.2, -0.15) is 0 Å². The fourth-order valence-electron chi connectivity index (χ4n) is 3.72. The Balaban J connectivity index is 1.64. The maximum Gasteiger partial charge on any atom is 0.321 e. The molecule has 7 nitrogen and oxygen atoms in total.